The number of aromatic nitrogens is 2. The first-order valence-corrected chi connectivity index (χ1v) is 7.58. The molecule has 1 fully saturated rings. The topological polar surface area (TPSA) is 51.3 Å². The number of hydrogen-bond acceptors (Lipinski definition) is 3. The molecule has 2 aromatic heterocycles. The van der Waals surface area contributed by atoms with E-state index in [4.69, 9.17) is 4.42 Å². The second-order valence-corrected chi connectivity index (χ2v) is 5.68. The van der Waals surface area contributed by atoms with Gasteiger partial charge >= 0.3 is 0 Å². The van der Waals surface area contributed by atoms with E-state index in [9.17, 15) is 4.79 Å². The van der Waals surface area contributed by atoms with Gasteiger partial charge in [-0.15, -0.1) is 0 Å². The van der Waals surface area contributed by atoms with E-state index in [1.54, 1.807) is 6.20 Å². The molecule has 5 heteroatoms. The van der Waals surface area contributed by atoms with Gasteiger partial charge in [-0.25, -0.2) is 0 Å². The minimum atomic E-state index is -0.0342. The summed E-state index contributed by atoms with van der Waals surface area (Å²) in [5, 5.41) is 5.26. The average molecular weight is 295 g/mol. The Labute approximate surface area is 128 Å². The number of piperidine rings is 1. The standard InChI is InChI=1S/C17H17N3O2/c21-17(16-11-13-5-1-2-7-15(13)22-16)19-9-3-6-14(12-19)20-10-4-8-18-20/h1-2,4-5,7-8,10-11,14H,3,6,9,12H2. The van der Waals surface area contributed by atoms with Gasteiger partial charge in [0.2, 0.25) is 0 Å². The van der Waals surface area contributed by atoms with Crippen LogP contribution in [0.2, 0.25) is 0 Å². The minimum absolute atomic E-state index is 0.0342. The normalized spacial score (nSPS) is 18.7. The largest absolute Gasteiger partial charge is 0.451 e. The number of fused-ring (bicyclic) bond motifs is 1. The SMILES string of the molecule is O=C(c1cc2ccccc2o1)N1CCCC(n2cccn2)C1. The quantitative estimate of drug-likeness (QED) is 0.730. The minimum Gasteiger partial charge on any atom is -0.451 e. The van der Waals surface area contributed by atoms with Crippen molar-refractivity contribution in [3.05, 3.63) is 54.6 Å². The average Bonchev–Trinajstić information content (AvgIpc) is 3.23. The van der Waals surface area contributed by atoms with Crippen LogP contribution >= 0.6 is 0 Å². The van der Waals surface area contributed by atoms with Crippen LogP contribution in [0.3, 0.4) is 0 Å². The van der Waals surface area contributed by atoms with Gasteiger partial charge in [0.25, 0.3) is 5.91 Å². The van der Waals surface area contributed by atoms with Crippen molar-refractivity contribution in [3.63, 3.8) is 0 Å². The van der Waals surface area contributed by atoms with Gasteiger partial charge in [-0.1, -0.05) is 18.2 Å². The number of carbonyl (C=O) groups excluding carboxylic acids is 1. The molecule has 1 unspecified atom stereocenters. The third-order valence-electron chi connectivity index (χ3n) is 4.22. The van der Waals surface area contributed by atoms with E-state index in [2.05, 4.69) is 5.10 Å². The highest BCUT2D eigenvalue weighted by molar-refractivity contribution is 5.96. The highest BCUT2D eigenvalue weighted by Crippen LogP contribution is 2.24. The number of para-hydroxylation sites is 1. The lowest BCUT2D eigenvalue weighted by atomic mass is 10.1. The van der Waals surface area contributed by atoms with E-state index in [1.165, 1.54) is 0 Å². The van der Waals surface area contributed by atoms with E-state index < -0.39 is 0 Å². The summed E-state index contributed by atoms with van der Waals surface area (Å²) in [5.41, 5.74) is 0.756. The summed E-state index contributed by atoms with van der Waals surface area (Å²) in [6.07, 6.45) is 5.77. The number of furan rings is 1. The molecule has 0 saturated carbocycles. The number of hydrogen-bond donors (Lipinski definition) is 0. The van der Waals surface area contributed by atoms with Crippen LogP contribution < -0.4 is 0 Å². The Hall–Kier alpha value is -2.56. The summed E-state index contributed by atoms with van der Waals surface area (Å²) in [5.74, 6) is 0.385. The van der Waals surface area contributed by atoms with Gasteiger partial charge < -0.3 is 9.32 Å². The molecule has 0 N–H and O–H groups in total. The first-order chi connectivity index (χ1) is 10.8. The highest BCUT2D eigenvalue weighted by atomic mass is 16.3. The second kappa shape index (κ2) is 5.33. The van der Waals surface area contributed by atoms with Gasteiger partial charge in [0.15, 0.2) is 5.76 Å². The maximum Gasteiger partial charge on any atom is 0.289 e. The number of carbonyl (C=O) groups is 1. The predicted molar refractivity (Wildman–Crippen MR) is 82.6 cm³/mol. The zero-order valence-electron chi connectivity index (χ0n) is 12.2. The Balaban J connectivity index is 1.56. The smallest absolute Gasteiger partial charge is 0.289 e. The summed E-state index contributed by atoms with van der Waals surface area (Å²) in [6.45, 7) is 1.45. The third kappa shape index (κ3) is 2.28. The fourth-order valence-electron chi connectivity index (χ4n) is 3.09. The maximum atomic E-state index is 12.7. The number of benzene rings is 1. The zero-order chi connectivity index (χ0) is 14.9. The van der Waals surface area contributed by atoms with Crippen LogP contribution in [0, 0.1) is 0 Å². The summed E-state index contributed by atoms with van der Waals surface area (Å²) in [7, 11) is 0. The van der Waals surface area contributed by atoms with Gasteiger partial charge in [-0.2, -0.15) is 5.10 Å². The van der Waals surface area contributed by atoms with Gasteiger partial charge in [0, 0.05) is 30.9 Å². The fraction of sp³-hybridized carbons (Fsp3) is 0.294. The molecule has 22 heavy (non-hydrogen) atoms. The molecule has 1 amide bonds. The molecular weight excluding hydrogens is 278 g/mol. The fourth-order valence-corrected chi connectivity index (χ4v) is 3.09. The van der Waals surface area contributed by atoms with E-state index in [1.807, 2.05) is 52.2 Å². The Bertz CT molecular complexity index is 758. The molecule has 1 aliphatic rings. The van der Waals surface area contributed by atoms with Gasteiger partial charge in [0.05, 0.1) is 6.04 Å². The van der Waals surface area contributed by atoms with Crippen molar-refractivity contribution in [2.75, 3.05) is 13.1 Å². The predicted octanol–water partition coefficient (Wildman–Crippen LogP) is 3.11. The van der Waals surface area contributed by atoms with Crippen LogP contribution in [0.1, 0.15) is 29.4 Å². The molecule has 3 aromatic rings. The van der Waals surface area contributed by atoms with Crippen LogP contribution in [0.15, 0.2) is 53.2 Å². The van der Waals surface area contributed by atoms with E-state index in [0.29, 0.717) is 12.3 Å². The number of nitrogens with zero attached hydrogens (tertiary/aromatic N) is 3. The maximum absolute atomic E-state index is 12.7. The molecule has 1 atom stereocenters. The van der Waals surface area contributed by atoms with Crippen LogP contribution in [0.5, 0.6) is 0 Å². The van der Waals surface area contributed by atoms with Crippen molar-refractivity contribution < 1.29 is 9.21 Å². The lowest BCUT2D eigenvalue weighted by Gasteiger charge is -2.32. The molecule has 5 nitrogen and oxygen atoms in total. The van der Waals surface area contributed by atoms with E-state index in [-0.39, 0.29) is 11.9 Å². The van der Waals surface area contributed by atoms with Crippen molar-refractivity contribution in [2.45, 2.75) is 18.9 Å². The molecule has 0 aliphatic carbocycles. The van der Waals surface area contributed by atoms with Gasteiger partial charge in [-0.3, -0.25) is 9.48 Å². The Morgan fingerprint density at radius 1 is 1.27 bits per heavy atom. The third-order valence-corrected chi connectivity index (χ3v) is 4.22. The first kappa shape index (κ1) is 13.1. The molecule has 3 heterocycles. The lowest BCUT2D eigenvalue weighted by Crippen LogP contribution is -2.40. The molecule has 0 spiro atoms. The summed E-state index contributed by atoms with van der Waals surface area (Å²) in [4.78, 5) is 14.6. The molecule has 1 aliphatic heterocycles. The number of likely N-dealkylation sites (tertiary alicyclic amines) is 1. The molecule has 1 saturated heterocycles. The Morgan fingerprint density at radius 3 is 3.00 bits per heavy atom. The number of amides is 1. The van der Waals surface area contributed by atoms with Crippen LogP contribution in [-0.2, 0) is 0 Å². The van der Waals surface area contributed by atoms with Crippen molar-refractivity contribution in [1.82, 2.24) is 14.7 Å². The van der Waals surface area contributed by atoms with Crippen molar-refractivity contribution in [3.8, 4) is 0 Å². The van der Waals surface area contributed by atoms with Crippen LogP contribution in [-0.4, -0.2) is 33.7 Å². The van der Waals surface area contributed by atoms with Crippen molar-refractivity contribution >= 4 is 16.9 Å². The van der Waals surface area contributed by atoms with Crippen LogP contribution in [0.4, 0.5) is 0 Å². The van der Waals surface area contributed by atoms with Crippen LogP contribution in [0.25, 0.3) is 11.0 Å². The van der Waals surface area contributed by atoms with Crippen molar-refractivity contribution in [1.29, 1.82) is 0 Å². The molecular formula is C17H17N3O2. The van der Waals surface area contributed by atoms with E-state index >= 15 is 0 Å². The Morgan fingerprint density at radius 2 is 2.18 bits per heavy atom. The van der Waals surface area contributed by atoms with E-state index in [0.717, 1.165) is 30.4 Å². The lowest BCUT2D eigenvalue weighted by molar-refractivity contribution is 0.0643. The summed E-state index contributed by atoms with van der Waals surface area (Å²) >= 11 is 0. The number of rotatable bonds is 2. The molecule has 0 bridgehead atoms. The summed E-state index contributed by atoms with van der Waals surface area (Å²) in [6, 6.07) is 11.7. The van der Waals surface area contributed by atoms with Gasteiger partial charge in [0.1, 0.15) is 5.58 Å². The molecule has 112 valence electrons. The first-order valence-electron chi connectivity index (χ1n) is 7.58. The highest BCUT2D eigenvalue weighted by Gasteiger charge is 2.27. The second-order valence-electron chi connectivity index (χ2n) is 5.68. The molecule has 4 rings (SSSR count). The monoisotopic (exact) mass is 295 g/mol. The van der Waals surface area contributed by atoms with Crippen molar-refractivity contribution in [2.24, 2.45) is 0 Å². The zero-order valence-corrected chi connectivity index (χ0v) is 12.2. The Kier molecular flexibility index (Phi) is 3.18. The molecule has 1 aromatic carbocycles. The molecule has 0 radical (unpaired) electrons. The van der Waals surface area contributed by atoms with Gasteiger partial charge in [-0.05, 0) is 31.0 Å². The summed E-state index contributed by atoms with van der Waals surface area (Å²) < 4.78 is 7.64.